The zero-order valence-corrected chi connectivity index (χ0v) is 18.3. The quantitative estimate of drug-likeness (QED) is 0.359. The number of halogens is 1. The van der Waals surface area contributed by atoms with Crippen molar-refractivity contribution in [3.05, 3.63) is 101 Å². The molecule has 0 unspecified atom stereocenters. The molecule has 0 aliphatic carbocycles. The van der Waals surface area contributed by atoms with Crippen molar-refractivity contribution in [3.8, 4) is 0 Å². The van der Waals surface area contributed by atoms with E-state index in [0.717, 1.165) is 22.2 Å². The van der Waals surface area contributed by atoms with Gasteiger partial charge in [-0.05, 0) is 47.4 Å². The fourth-order valence-corrected chi connectivity index (χ4v) is 3.64. The number of para-hydroxylation sites is 1. The number of hydrogen-bond acceptors (Lipinski definition) is 3. The van der Waals surface area contributed by atoms with E-state index in [1.165, 1.54) is 5.56 Å². The maximum Gasteiger partial charge on any atom is 0.252 e. The lowest BCUT2D eigenvalue weighted by atomic mass is 10.0. The predicted molar refractivity (Wildman–Crippen MR) is 128 cm³/mol. The van der Waals surface area contributed by atoms with Gasteiger partial charge in [0.05, 0.1) is 11.1 Å². The summed E-state index contributed by atoms with van der Waals surface area (Å²) in [6, 6.07) is 25.2. The molecule has 0 saturated carbocycles. The third kappa shape index (κ3) is 4.86. The summed E-state index contributed by atoms with van der Waals surface area (Å²) in [5, 5.41) is 7.75. The maximum absolute atomic E-state index is 13.1. The van der Waals surface area contributed by atoms with Gasteiger partial charge in [-0.3, -0.25) is 4.79 Å². The van der Waals surface area contributed by atoms with Crippen LogP contribution in [-0.4, -0.2) is 10.9 Å². The fraction of sp³-hybridized carbons (Fsp3) is 0.154. The van der Waals surface area contributed by atoms with Gasteiger partial charge in [0.15, 0.2) is 0 Å². The molecule has 0 aliphatic rings. The molecule has 0 radical (unpaired) electrons. The number of nitrogens with zero attached hydrogens (tertiary/aromatic N) is 1. The van der Waals surface area contributed by atoms with Crippen molar-refractivity contribution in [1.82, 2.24) is 10.3 Å². The highest BCUT2D eigenvalue weighted by Crippen LogP contribution is 2.25. The van der Waals surface area contributed by atoms with Crippen LogP contribution in [0.5, 0.6) is 0 Å². The average Bonchev–Trinajstić information content (AvgIpc) is 2.78. The van der Waals surface area contributed by atoms with Crippen molar-refractivity contribution in [2.75, 3.05) is 5.32 Å². The number of carbonyl (C=O) groups excluding carboxylic acids is 1. The van der Waals surface area contributed by atoms with Crippen LogP contribution in [-0.2, 0) is 6.54 Å². The molecule has 5 heteroatoms. The summed E-state index contributed by atoms with van der Waals surface area (Å²) in [5.41, 5.74) is 4.40. The monoisotopic (exact) mass is 429 g/mol. The molecular formula is C26H24ClN3O. The molecule has 0 fully saturated rings. The first-order valence-corrected chi connectivity index (χ1v) is 10.7. The molecule has 2 N–H and O–H groups in total. The summed E-state index contributed by atoms with van der Waals surface area (Å²) in [7, 11) is 0. The van der Waals surface area contributed by atoms with Gasteiger partial charge in [0.1, 0.15) is 5.82 Å². The van der Waals surface area contributed by atoms with Crippen LogP contribution in [0.4, 0.5) is 11.5 Å². The Morgan fingerprint density at radius 1 is 0.968 bits per heavy atom. The number of carbonyl (C=O) groups is 1. The lowest BCUT2D eigenvalue weighted by Crippen LogP contribution is -2.23. The molecule has 1 amide bonds. The number of aromatic nitrogens is 1. The zero-order valence-electron chi connectivity index (χ0n) is 17.5. The van der Waals surface area contributed by atoms with E-state index in [4.69, 9.17) is 16.6 Å². The third-order valence-electron chi connectivity index (χ3n) is 5.21. The number of rotatable bonds is 6. The van der Waals surface area contributed by atoms with Gasteiger partial charge in [0.2, 0.25) is 0 Å². The molecule has 0 spiro atoms. The van der Waals surface area contributed by atoms with Gasteiger partial charge < -0.3 is 10.6 Å². The van der Waals surface area contributed by atoms with Crippen LogP contribution < -0.4 is 10.6 Å². The van der Waals surface area contributed by atoms with E-state index in [1.54, 1.807) is 6.07 Å². The minimum atomic E-state index is -0.170. The van der Waals surface area contributed by atoms with E-state index in [1.807, 2.05) is 60.7 Å². The SMILES string of the molecule is CC(C)c1ccc(Nc2cc(C(=O)NCc3ccccc3Cl)c3ccccc3n2)cc1. The van der Waals surface area contributed by atoms with Crippen molar-refractivity contribution < 1.29 is 4.79 Å². The van der Waals surface area contributed by atoms with Gasteiger partial charge in [-0.2, -0.15) is 0 Å². The smallest absolute Gasteiger partial charge is 0.252 e. The van der Waals surface area contributed by atoms with E-state index in [0.29, 0.717) is 28.9 Å². The van der Waals surface area contributed by atoms with Crippen LogP contribution in [0, 0.1) is 0 Å². The standard InChI is InChI=1S/C26H24ClN3O/c1-17(2)18-11-13-20(14-12-18)29-25-15-22(21-8-4-6-10-24(21)30-25)26(31)28-16-19-7-3-5-9-23(19)27/h3-15,17H,16H2,1-2H3,(H,28,31)(H,29,30). The summed E-state index contributed by atoms with van der Waals surface area (Å²) < 4.78 is 0. The molecule has 156 valence electrons. The predicted octanol–water partition coefficient (Wildman–Crippen LogP) is 6.69. The molecule has 4 nitrogen and oxygen atoms in total. The second-order valence-electron chi connectivity index (χ2n) is 7.75. The Morgan fingerprint density at radius 2 is 1.68 bits per heavy atom. The van der Waals surface area contributed by atoms with Crippen molar-refractivity contribution in [2.24, 2.45) is 0 Å². The zero-order chi connectivity index (χ0) is 21.8. The van der Waals surface area contributed by atoms with Crippen LogP contribution >= 0.6 is 11.6 Å². The van der Waals surface area contributed by atoms with E-state index >= 15 is 0 Å². The van der Waals surface area contributed by atoms with Crippen LogP contribution in [0.1, 0.15) is 41.3 Å². The van der Waals surface area contributed by atoms with Gasteiger partial charge >= 0.3 is 0 Å². The normalized spacial score (nSPS) is 11.0. The summed E-state index contributed by atoms with van der Waals surface area (Å²) in [6.45, 7) is 4.69. The van der Waals surface area contributed by atoms with Gasteiger partial charge in [-0.25, -0.2) is 4.98 Å². The van der Waals surface area contributed by atoms with Gasteiger partial charge in [0.25, 0.3) is 5.91 Å². The molecule has 0 saturated heterocycles. The van der Waals surface area contributed by atoms with Crippen LogP contribution in [0.15, 0.2) is 78.9 Å². The largest absolute Gasteiger partial charge is 0.348 e. The van der Waals surface area contributed by atoms with Gasteiger partial charge in [0, 0.05) is 22.6 Å². The van der Waals surface area contributed by atoms with Crippen LogP contribution in [0.25, 0.3) is 10.9 Å². The summed E-state index contributed by atoms with van der Waals surface area (Å²) in [5.74, 6) is 0.928. The molecule has 4 rings (SSSR count). The highest BCUT2D eigenvalue weighted by molar-refractivity contribution is 6.31. The Balaban J connectivity index is 1.61. The molecule has 0 bridgehead atoms. The summed E-state index contributed by atoms with van der Waals surface area (Å²) in [4.78, 5) is 17.7. The number of nitrogens with one attached hydrogen (secondary N) is 2. The first-order valence-electron chi connectivity index (χ1n) is 10.3. The molecular weight excluding hydrogens is 406 g/mol. The number of benzene rings is 3. The van der Waals surface area contributed by atoms with E-state index in [2.05, 4.69) is 36.6 Å². The fourth-order valence-electron chi connectivity index (χ4n) is 3.44. The van der Waals surface area contributed by atoms with Crippen molar-refractivity contribution in [3.63, 3.8) is 0 Å². The molecule has 1 heterocycles. The second-order valence-corrected chi connectivity index (χ2v) is 8.16. The second kappa shape index (κ2) is 9.19. The Kier molecular flexibility index (Phi) is 6.19. The lowest BCUT2D eigenvalue weighted by Gasteiger charge is -2.13. The average molecular weight is 430 g/mol. The van der Waals surface area contributed by atoms with Gasteiger partial charge in [-0.1, -0.05) is 74.0 Å². The first-order chi connectivity index (χ1) is 15.0. The van der Waals surface area contributed by atoms with Crippen molar-refractivity contribution in [1.29, 1.82) is 0 Å². The summed E-state index contributed by atoms with van der Waals surface area (Å²) in [6.07, 6.45) is 0. The maximum atomic E-state index is 13.1. The van der Waals surface area contributed by atoms with Crippen molar-refractivity contribution >= 4 is 39.9 Å². The number of anilines is 2. The highest BCUT2D eigenvalue weighted by atomic mass is 35.5. The van der Waals surface area contributed by atoms with Gasteiger partial charge in [-0.15, -0.1) is 0 Å². The molecule has 0 aliphatic heterocycles. The van der Waals surface area contributed by atoms with E-state index < -0.39 is 0 Å². The number of amides is 1. The lowest BCUT2D eigenvalue weighted by molar-refractivity contribution is 0.0952. The van der Waals surface area contributed by atoms with E-state index in [9.17, 15) is 4.79 Å². The molecule has 0 atom stereocenters. The number of hydrogen-bond donors (Lipinski definition) is 2. The topological polar surface area (TPSA) is 54.0 Å². The third-order valence-corrected chi connectivity index (χ3v) is 5.58. The minimum Gasteiger partial charge on any atom is -0.348 e. The molecule has 4 aromatic rings. The van der Waals surface area contributed by atoms with Crippen LogP contribution in [0.3, 0.4) is 0 Å². The number of fused-ring (bicyclic) bond motifs is 1. The Labute approximate surface area is 187 Å². The van der Waals surface area contributed by atoms with E-state index in [-0.39, 0.29) is 5.91 Å². The van der Waals surface area contributed by atoms with Crippen molar-refractivity contribution in [2.45, 2.75) is 26.3 Å². The van der Waals surface area contributed by atoms with Crippen LogP contribution in [0.2, 0.25) is 5.02 Å². The molecule has 1 aromatic heterocycles. The first kappa shape index (κ1) is 20.9. The summed E-state index contributed by atoms with van der Waals surface area (Å²) >= 11 is 6.22. The number of pyridine rings is 1. The Hall–Kier alpha value is -3.37. The molecule has 3 aromatic carbocycles. The molecule has 31 heavy (non-hydrogen) atoms. The Morgan fingerprint density at radius 3 is 2.42 bits per heavy atom. The highest BCUT2D eigenvalue weighted by Gasteiger charge is 2.14. The minimum absolute atomic E-state index is 0.170. The Bertz CT molecular complexity index is 1220.